The quantitative estimate of drug-likeness (QED) is 0.639. The molecule has 0 aliphatic rings. The second kappa shape index (κ2) is 9.17. The predicted octanol–water partition coefficient (Wildman–Crippen LogP) is 2.87. The van der Waals surface area contributed by atoms with E-state index in [0.29, 0.717) is 6.04 Å². The Bertz CT molecular complexity index is 134. The van der Waals surface area contributed by atoms with Crippen molar-refractivity contribution in [3.8, 4) is 0 Å². The number of nitrogens with zero attached hydrogens (tertiary/aromatic N) is 1. The Morgan fingerprint density at radius 1 is 1.20 bits per heavy atom. The van der Waals surface area contributed by atoms with Crippen LogP contribution in [0.2, 0.25) is 0 Å². The van der Waals surface area contributed by atoms with Gasteiger partial charge >= 0.3 is 0 Å². The van der Waals surface area contributed by atoms with Crippen LogP contribution in [0.3, 0.4) is 0 Å². The van der Waals surface area contributed by atoms with Gasteiger partial charge in [-0.25, -0.2) is 0 Å². The van der Waals surface area contributed by atoms with Gasteiger partial charge in [-0.15, -0.1) is 0 Å². The molecule has 2 N–H and O–H groups in total. The maximum atomic E-state index is 5.64. The van der Waals surface area contributed by atoms with Gasteiger partial charge in [-0.3, -0.25) is 4.90 Å². The zero-order valence-electron chi connectivity index (χ0n) is 11.1. The van der Waals surface area contributed by atoms with Crippen LogP contribution in [0.15, 0.2) is 0 Å². The highest BCUT2D eigenvalue weighted by atomic mass is 15.1. The first-order valence-corrected chi connectivity index (χ1v) is 6.59. The summed E-state index contributed by atoms with van der Waals surface area (Å²) in [5.74, 6) is 0.860. The first-order valence-electron chi connectivity index (χ1n) is 6.59. The molecule has 0 fully saturated rings. The third kappa shape index (κ3) is 6.91. The van der Waals surface area contributed by atoms with Crippen LogP contribution in [0.4, 0.5) is 0 Å². The van der Waals surface area contributed by atoms with E-state index in [1.165, 1.54) is 32.2 Å². The van der Waals surface area contributed by atoms with Gasteiger partial charge in [0.15, 0.2) is 0 Å². The highest BCUT2D eigenvalue weighted by Crippen LogP contribution is 2.15. The summed E-state index contributed by atoms with van der Waals surface area (Å²) >= 11 is 0. The van der Waals surface area contributed by atoms with Crippen molar-refractivity contribution < 1.29 is 0 Å². The van der Waals surface area contributed by atoms with Gasteiger partial charge in [0.25, 0.3) is 0 Å². The Hall–Kier alpha value is -0.0800. The lowest BCUT2D eigenvalue weighted by atomic mass is 9.98. The van der Waals surface area contributed by atoms with E-state index in [9.17, 15) is 0 Å². The van der Waals surface area contributed by atoms with Gasteiger partial charge in [0.1, 0.15) is 0 Å². The minimum absolute atomic E-state index is 0.629. The van der Waals surface area contributed by atoms with Gasteiger partial charge in [-0.05, 0) is 26.2 Å². The Kier molecular flexibility index (Phi) is 9.12. The lowest BCUT2D eigenvalue weighted by Crippen LogP contribution is -2.38. The van der Waals surface area contributed by atoms with Crippen molar-refractivity contribution >= 4 is 0 Å². The second-order valence-electron chi connectivity index (χ2n) is 4.79. The SMILES string of the molecule is CCCCC(CC)CN(CCN)C(C)C. The molecule has 0 aromatic rings. The van der Waals surface area contributed by atoms with Crippen LogP contribution in [-0.2, 0) is 0 Å². The molecule has 15 heavy (non-hydrogen) atoms. The summed E-state index contributed by atoms with van der Waals surface area (Å²) in [4.78, 5) is 2.52. The summed E-state index contributed by atoms with van der Waals surface area (Å²) in [5, 5.41) is 0. The standard InChI is InChI=1S/C13H30N2/c1-5-7-8-13(6-2)11-15(10-9-14)12(3)4/h12-13H,5-11,14H2,1-4H3. The zero-order chi connectivity index (χ0) is 11.7. The molecule has 0 aromatic carbocycles. The molecule has 1 unspecified atom stereocenters. The number of rotatable bonds is 9. The summed E-state index contributed by atoms with van der Waals surface area (Å²) < 4.78 is 0. The maximum Gasteiger partial charge on any atom is 0.0107 e. The van der Waals surface area contributed by atoms with Crippen LogP contribution in [0, 0.1) is 5.92 Å². The smallest absolute Gasteiger partial charge is 0.0107 e. The normalized spacial score (nSPS) is 13.8. The fraction of sp³-hybridized carbons (Fsp3) is 1.00. The Morgan fingerprint density at radius 3 is 2.27 bits per heavy atom. The molecule has 0 amide bonds. The third-order valence-electron chi connectivity index (χ3n) is 3.18. The number of hydrogen-bond donors (Lipinski definition) is 1. The number of nitrogens with two attached hydrogens (primary N) is 1. The molecule has 0 spiro atoms. The van der Waals surface area contributed by atoms with Crippen molar-refractivity contribution in [2.24, 2.45) is 11.7 Å². The highest BCUT2D eigenvalue weighted by Gasteiger charge is 2.14. The fourth-order valence-electron chi connectivity index (χ4n) is 1.98. The third-order valence-corrected chi connectivity index (χ3v) is 3.18. The van der Waals surface area contributed by atoms with Crippen LogP contribution < -0.4 is 5.73 Å². The van der Waals surface area contributed by atoms with Crippen LogP contribution in [0.5, 0.6) is 0 Å². The summed E-state index contributed by atoms with van der Waals surface area (Å²) in [7, 11) is 0. The average molecular weight is 214 g/mol. The van der Waals surface area contributed by atoms with E-state index in [0.717, 1.165) is 19.0 Å². The first-order chi connectivity index (χ1) is 7.15. The van der Waals surface area contributed by atoms with E-state index in [4.69, 9.17) is 5.73 Å². The predicted molar refractivity (Wildman–Crippen MR) is 69.1 cm³/mol. The molecule has 92 valence electrons. The Labute approximate surface area is 96.2 Å². The van der Waals surface area contributed by atoms with Crippen LogP contribution in [0.25, 0.3) is 0 Å². The van der Waals surface area contributed by atoms with Gasteiger partial charge in [-0.2, -0.15) is 0 Å². The first kappa shape index (κ1) is 14.9. The minimum Gasteiger partial charge on any atom is -0.329 e. The molecule has 0 saturated heterocycles. The lowest BCUT2D eigenvalue weighted by molar-refractivity contribution is 0.183. The Balaban J connectivity index is 3.97. The van der Waals surface area contributed by atoms with E-state index in [-0.39, 0.29) is 0 Å². The molecule has 0 aromatic heterocycles. The van der Waals surface area contributed by atoms with E-state index in [1.807, 2.05) is 0 Å². The summed E-state index contributed by atoms with van der Waals surface area (Å²) in [6.45, 7) is 12.2. The molecule has 0 heterocycles. The Morgan fingerprint density at radius 2 is 1.87 bits per heavy atom. The highest BCUT2D eigenvalue weighted by molar-refractivity contribution is 4.69. The van der Waals surface area contributed by atoms with Crippen molar-refractivity contribution in [1.82, 2.24) is 4.90 Å². The van der Waals surface area contributed by atoms with Crippen LogP contribution >= 0.6 is 0 Å². The molecule has 0 bridgehead atoms. The average Bonchev–Trinajstić information content (AvgIpc) is 2.22. The van der Waals surface area contributed by atoms with Crippen molar-refractivity contribution in [1.29, 1.82) is 0 Å². The monoisotopic (exact) mass is 214 g/mol. The molecule has 0 radical (unpaired) electrons. The minimum atomic E-state index is 0.629. The molecule has 1 atom stereocenters. The molecule has 2 nitrogen and oxygen atoms in total. The van der Waals surface area contributed by atoms with E-state index < -0.39 is 0 Å². The van der Waals surface area contributed by atoms with Crippen LogP contribution in [0.1, 0.15) is 53.4 Å². The van der Waals surface area contributed by atoms with Crippen molar-refractivity contribution in [3.05, 3.63) is 0 Å². The van der Waals surface area contributed by atoms with E-state index in [1.54, 1.807) is 0 Å². The molecule has 0 saturated carbocycles. The summed E-state index contributed by atoms with van der Waals surface area (Å²) in [6.07, 6.45) is 5.36. The maximum absolute atomic E-state index is 5.64. The summed E-state index contributed by atoms with van der Waals surface area (Å²) in [6, 6.07) is 0.629. The fourth-order valence-corrected chi connectivity index (χ4v) is 1.98. The van der Waals surface area contributed by atoms with Gasteiger partial charge in [0, 0.05) is 25.7 Å². The van der Waals surface area contributed by atoms with Crippen molar-refractivity contribution in [2.45, 2.75) is 59.4 Å². The van der Waals surface area contributed by atoms with Crippen molar-refractivity contribution in [2.75, 3.05) is 19.6 Å². The van der Waals surface area contributed by atoms with E-state index in [2.05, 4.69) is 32.6 Å². The second-order valence-corrected chi connectivity index (χ2v) is 4.79. The molecule has 0 aliphatic carbocycles. The lowest BCUT2D eigenvalue weighted by Gasteiger charge is -2.30. The van der Waals surface area contributed by atoms with Gasteiger partial charge in [0.05, 0.1) is 0 Å². The number of hydrogen-bond acceptors (Lipinski definition) is 2. The molecular weight excluding hydrogens is 184 g/mol. The molecule has 0 aliphatic heterocycles. The van der Waals surface area contributed by atoms with Gasteiger partial charge < -0.3 is 5.73 Å². The zero-order valence-corrected chi connectivity index (χ0v) is 11.1. The molecular formula is C13H30N2. The number of unbranched alkanes of at least 4 members (excludes halogenated alkanes) is 1. The topological polar surface area (TPSA) is 29.3 Å². The molecule has 0 rings (SSSR count). The van der Waals surface area contributed by atoms with E-state index >= 15 is 0 Å². The van der Waals surface area contributed by atoms with Gasteiger partial charge in [0.2, 0.25) is 0 Å². The molecule has 2 heteroatoms. The largest absolute Gasteiger partial charge is 0.329 e. The van der Waals surface area contributed by atoms with Crippen LogP contribution in [-0.4, -0.2) is 30.6 Å². The van der Waals surface area contributed by atoms with Crippen molar-refractivity contribution in [3.63, 3.8) is 0 Å². The summed E-state index contributed by atoms with van der Waals surface area (Å²) in [5.41, 5.74) is 5.64. The van der Waals surface area contributed by atoms with Gasteiger partial charge in [-0.1, -0.05) is 33.1 Å².